The molecule has 1 aromatic carbocycles. The molecule has 1 aliphatic heterocycles. The predicted molar refractivity (Wildman–Crippen MR) is 78.4 cm³/mol. The molecule has 1 aliphatic rings. The van der Waals surface area contributed by atoms with Crippen LogP contribution in [0.25, 0.3) is 0 Å². The summed E-state index contributed by atoms with van der Waals surface area (Å²) >= 11 is 0. The Hall–Kier alpha value is -0.875. The quantitative estimate of drug-likeness (QED) is 0.754. The zero-order valence-electron chi connectivity index (χ0n) is 11.8. The third-order valence-corrected chi connectivity index (χ3v) is 4.12. The maximum atomic E-state index is 9.10. The Morgan fingerprint density at radius 1 is 1.11 bits per heavy atom. The van der Waals surface area contributed by atoms with Gasteiger partial charge in [-0.2, -0.15) is 0 Å². The van der Waals surface area contributed by atoms with Crippen molar-refractivity contribution in [2.45, 2.75) is 19.9 Å². The minimum atomic E-state index is -1.38. The third kappa shape index (κ3) is 3.57. The van der Waals surface area contributed by atoms with Crippen LogP contribution in [0.2, 0.25) is 0 Å². The zero-order chi connectivity index (χ0) is 13.8. The van der Waals surface area contributed by atoms with E-state index in [4.69, 9.17) is 10.0 Å². The first kappa shape index (κ1) is 14.5. The van der Waals surface area contributed by atoms with E-state index in [1.54, 1.807) is 12.1 Å². The van der Waals surface area contributed by atoms with E-state index in [-0.39, 0.29) is 0 Å². The zero-order valence-corrected chi connectivity index (χ0v) is 11.8. The SMILES string of the molecule is CCN1CCN([C@H](C)c2ccc(B(O)O)cc2)CC1. The number of hydrogen-bond donors (Lipinski definition) is 2. The lowest BCUT2D eigenvalue weighted by atomic mass is 9.80. The summed E-state index contributed by atoms with van der Waals surface area (Å²) in [6.45, 7) is 10.0. The van der Waals surface area contributed by atoms with Gasteiger partial charge in [-0.1, -0.05) is 31.2 Å². The van der Waals surface area contributed by atoms with Crippen molar-refractivity contribution in [1.29, 1.82) is 0 Å². The van der Waals surface area contributed by atoms with E-state index in [2.05, 4.69) is 23.6 Å². The first-order chi connectivity index (χ1) is 9.11. The van der Waals surface area contributed by atoms with E-state index < -0.39 is 7.12 Å². The third-order valence-electron chi connectivity index (χ3n) is 4.12. The summed E-state index contributed by atoms with van der Waals surface area (Å²) in [6.07, 6.45) is 0. The molecule has 0 spiro atoms. The van der Waals surface area contributed by atoms with E-state index in [9.17, 15) is 0 Å². The molecule has 1 fully saturated rings. The largest absolute Gasteiger partial charge is 0.488 e. The molecule has 1 atom stereocenters. The molecule has 19 heavy (non-hydrogen) atoms. The van der Waals surface area contributed by atoms with E-state index >= 15 is 0 Å². The van der Waals surface area contributed by atoms with Crippen molar-refractivity contribution in [1.82, 2.24) is 9.80 Å². The molecule has 2 N–H and O–H groups in total. The summed E-state index contributed by atoms with van der Waals surface area (Å²) in [5.41, 5.74) is 1.78. The van der Waals surface area contributed by atoms with Gasteiger partial charge in [0, 0.05) is 32.2 Å². The summed E-state index contributed by atoms with van der Waals surface area (Å²) in [6, 6.07) is 7.94. The summed E-state index contributed by atoms with van der Waals surface area (Å²) in [7, 11) is -1.38. The van der Waals surface area contributed by atoms with Crippen LogP contribution in [0.1, 0.15) is 25.5 Å². The van der Waals surface area contributed by atoms with Crippen LogP contribution in [0, 0.1) is 0 Å². The standard InChI is InChI=1S/C14H23BN2O2/c1-3-16-8-10-17(11-9-16)12(2)13-4-6-14(7-5-13)15(18)19/h4-7,12,18-19H,3,8-11H2,1-2H3/t12-/m1/s1. The lowest BCUT2D eigenvalue weighted by Crippen LogP contribution is -2.46. The van der Waals surface area contributed by atoms with Crippen LogP contribution in [-0.2, 0) is 0 Å². The fourth-order valence-corrected chi connectivity index (χ4v) is 2.62. The Morgan fingerprint density at radius 2 is 1.68 bits per heavy atom. The van der Waals surface area contributed by atoms with Crippen molar-refractivity contribution in [3.63, 3.8) is 0 Å². The van der Waals surface area contributed by atoms with Crippen molar-refractivity contribution in [2.24, 2.45) is 0 Å². The Bertz CT molecular complexity index is 389. The van der Waals surface area contributed by atoms with Crippen LogP contribution in [0.15, 0.2) is 24.3 Å². The van der Waals surface area contributed by atoms with E-state index in [0.29, 0.717) is 11.5 Å². The van der Waals surface area contributed by atoms with Gasteiger partial charge >= 0.3 is 7.12 Å². The molecule has 1 aromatic rings. The van der Waals surface area contributed by atoms with Gasteiger partial charge in [-0.05, 0) is 24.5 Å². The average Bonchev–Trinajstić information content (AvgIpc) is 2.46. The molecule has 0 bridgehead atoms. The van der Waals surface area contributed by atoms with Crippen molar-refractivity contribution < 1.29 is 10.0 Å². The fourth-order valence-electron chi connectivity index (χ4n) is 2.62. The highest BCUT2D eigenvalue weighted by Gasteiger charge is 2.21. The van der Waals surface area contributed by atoms with Gasteiger partial charge in [0.2, 0.25) is 0 Å². The molecule has 1 saturated heterocycles. The van der Waals surface area contributed by atoms with E-state index in [1.165, 1.54) is 5.56 Å². The van der Waals surface area contributed by atoms with Crippen LogP contribution < -0.4 is 5.46 Å². The van der Waals surface area contributed by atoms with Crippen molar-refractivity contribution >= 4 is 12.6 Å². The lowest BCUT2D eigenvalue weighted by Gasteiger charge is -2.37. The number of nitrogens with zero attached hydrogens (tertiary/aromatic N) is 2. The first-order valence-electron chi connectivity index (χ1n) is 7.04. The second kappa shape index (κ2) is 6.52. The smallest absolute Gasteiger partial charge is 0.423 e. The minimum Gasteiger partial charge on any atom is -0.423 e. The van der Waals surface area contributed by atoms with Gasteiger partial charge in [0.15, 0.2) is 0 Å². The molecule has 0 aromatic heterocycles. The molecule has 104 valence electrons. The first-order valence-corrected chi connectivity index (χ1v) is 7.04. The number of piperazine rings is 1. The normalized spacial score (nSPS) is 19.4. The van der Waals surface area contributed by atoms with Gasteiger partial charge in [0.1, 0.15) is 0 Å². The van der Waals surface area contributed by atoms with Crippen molar-refractivity contribution in [2.75, 3.05) is 32.7 Å². The number of likely N-dealkylation sites (N-methyl/N-ethyl adjacent to an activating group) is 1. The van der Waals surface area contributed by atoms with Crippen LogP contribution in [0.4, 0.5) is 0 Å². The summed E-state index contributed by atoms with van der Waals surface area (Å²) in [5.74, 6) is 0. The Labute approximate surface area is 115 Å². The molecular formula is C14H23BN2O2. The second-order valence-electron chi connectivity index (χ2n) is 5.19. The molecular weight excluding hydrogens is 239 g/mol. The highest BCUT2D eigenvalue weighted by molar-refractivity contribution is 6.58. The topological polar surface area (TPSA) is 46.9 Å². The molecule has 5 heteroatoms. The van der Waals surface area contributed by atoms with E-state index in [0.717, 1.165) is 32.7 Å². The molecule has 1 heterocycles. The van der Waals surface area contributed by atoms with Crippen LogP contribution >= 0.6 is 0 Å². The van der Waals surface area contributed by atoms with Crippen LogP contribution in [0.5, 0.6) is 0 Å². The molecule has 2 rings (SSSR count). The Kier molecular flexibility index (Phi) is 4.99. The lowest BCUT2D eigenvalue weighted by molar-refractivity contribution is 0.106. The van der Waals surface area contributed by atoms with E-state index in [1.807, 2.05) is 12.1 Å². The summed E-state index contributed by atoms with van der Waals surface area (Å²) in [4.78, 5) is 4.95. The van der Waals surface area contributed by atoms with Gasteiger partial charge in [-0.15, -0.1) is 0 Å². The molecule has 4 nitrogen and oxygen atoms in total. The van der Waals surface area contributed by atoms with Crippen LogP contribution in [0.3, 0.4) is 0 Å². The highest BCUT2D eigenvalue weighted by atomic mass is 16.4. The molecule has 0 amide bonds. The van der Waals surface area contributed by atoms with Gasteiger partial charge in [-0.25, -0.2) is 0 Å². The Morgan fingerprint density at radius 3 is 2.16 bits per heavy atom. The highest BCUT2D eigenvalue weighted by Crippen LogP contribution is 2.20. The Balaban J connectivity index is 1.97. The fraction of sp³-hybridized carbons (Fsp3) is 0.571. The van der Waals surface area contributed by atoms with Crippen molar-refractivity contribution in [3.05, 3.63) is 29.8 Å². The number of benzene rings is 1. The summed E-state index contributed by atoms with van der Waals surface area (Å²) in [5, 5.41) is 18.2. The van der Waals surface area contributed by atoms with Crippen molar-refractivity contribution in [3.8, 4) is 0 Å². The predicted octanol–water partition coefficient (Wildman–Crippen LogP) is 0.0649. The summed E-state index contributed by atoms with van der Waals surface area (Å²) < 4.78 is 0. The molecule has 0 radical (unpaired) electrons. The molecule has 0 aliphatic carbocycles. The van der Waals surface area contributed by atoms with Gasteiger partial charge in [0.25, 0.3) is 0 Å². The molecule has 0 unspecified atom stereocenters. The minimum absolute atomic E-state index is 0.379. The maximum absolute atomic E-state index is 9.10. The van der Waals surface area contributed by atoms with Gasteiger partial charge in [0.05, 0.1) is 0 Å². The monoisotopic (exact) mass is 262 g/mol. The number of hydrogen-bond acceptors (Lipinski definition) is 4. The van der Waals surface area contributed by atoms with Gasteiger partial charge in [-0.3, -0.25) is 4.90 Å². The van der Waals surface area contributed by atoms with Gasteiger partial charge < -0.3 is 14.9 Å². The molecule has 0 saturated carbocycles. The number of rotatable bonds is 4. The second-order valence-corrected chi connectivity index (χ2v) is 5.19. The van der Waals surface area contributed by atoms with Crippen LogP contribution in [-0.4, -0.2) is 59.7 Å². The average molecular weight is 262 g/mol. The maximum Gasteiger partial charge on any atom is 0.488 e.